The Morgan fingerprint density at radius 2 is 1.42 bits per heavy atom. The number of thioether (sulfide) groups is 1. The van der Waals surface area contributed by atoms with Crippen molar-refractivity contribution in [2.24, 2.45) is 5.73 Å². The van der Waals surface area contributed by atoms with Crippen LogP contribution in [0, 0.1) is 0 Å². The Labute approximate surface area is 222 Å². The lowest BCUT2D eigenvalue weighted by Gasteiger charge is -2.25. The number of carbonyl (C=O) groups excluding carboxylic acids is 3. The van der Waals surface area contributed by atoms with Gasteiger partial charge in [0.2, 0.25) is 17.7 Å². The molecule has 208 valence electrons. The van der Waals surface area contributed by atoms with Gasteiger partial charge in [0.05, 0.1) is 18.7 Å². The number of hydrogen-bond acceptors (Lipinski definition) is 9. The molecule has 38 heavy (non-hydrogen) atoms. The van der Waals surface area contributed by atoms with E-state index in [9.17, 15) is 29.1 Å². The lowest BCUT2D eigenvalue weighted by molar-refractivity contribution is -0.143. The molecule has 0 fully saturated rings. The van der Waals surface area contributed by atoms with Crippen molar-refractivity contribution in [1.82, 2.24) is 35.9 Å². The fourth-order valence-corrected chi connectivity index (χ4v) is 3.88. The molecular formula is C22H32N8O7S. The Hall–Kier alpha value is -3.92. The summed E-state index contributed by atoms with van der Waals surface area (Å²) in [6, 6.07) is -4.82. The highest BCUT2D eigenvalue weighted by molar-refractivity contribution is 7.98. The Morgan fingerprint density at radius 1 is 0.868 bits per heavy atom. The summed E-state index contributed by atoms with van der Waals surface area (Å²) >= 11 is 1.40. The molecule has 0 radical (unpaired) electrons. The van der Waals surface area contributed by atoms with Gasteiger partial charge in [0.15, 0.2) is 0 Å². The highest BCUT2D eigenvalue weighted by Crippen LogP contribution is 2.07. The van der Waals surface area contributed by atoms with Crippen LogP contribution in [0.15, 0.2) is 25.0 Å². The molecule has 4 unspecified atom stereocenters. The maximum absolute atomic E-state index is 13.2. The van der Waals surface area contributed by atoms with Crippen LogP contribution in [0.3, 0.4) is 0 Å². The number of H-pyrrole nitrogens is 2. The summed E-state index contributed by atoms with van der Waals surface area (Å²) in [5.41, 5.74) is 7.10. The van der Waals surface area contributed by atoms with Crippen molar-refractivity contribution in [2.75, 3.05) is 12.0 Å². The highest BCUT2D eigenvalue weighted by atomic mass is 32.2. The first kappa shape index (κ1) is 30.3. The Morgan fingerprint density at radius 3 is 1.95 bits per heavy atom. The van der Waals surface area contributed by atoms with Gasteiger partial charge in [0.25, 0.3) is 0 Å². The van der Waals surface area contributed by atoms with Crippen LogP contribution >= 0.6 is 11.8 Å². The molecule has 0 saturated heterocycles. The topological polar surface area (TPSA) is 245 Å². The van der Waals surface area contributed by atoms with Crippen LogP contribution in [-0.2, 0) is 36.8 Å². The molecule has 3 amide bonds. The smallest absolute Gasteiger partial charge is 0.326 e. The number of amides is 3. The zero-order valence-electron chi connectivity index (χ0n) is 20.7. The first-order valence-electron chi connectivity index (χ1n) is 11.6. The van der Waals surface area contributed by atoms with Crippen LogP contribution in [-0.4, -0.2) is 96.0 Å². The number of nitrogens with zero attached hydrogens (tertiary/aromatic N) is 2. The van der Waals surface area contributed by atoms with Crippen LogP contribution in [0.5, 0.6) is 0 Å². The Bertz CT molecular complexity index is 1060. The number of aromatic amines is 2. The van der Waals surface area contributed by atoms with E-state index in [4.69, 9.17) is 10.8 Å². The minimum atomic E-state index is -1.37. The number of carboxylic acids is 2. The van der Waals surface area contributed by atoms with E-state index in [2.05, 4.69) is 35.9 Å². The number of aliphatic carboxylic acids is 2. The van der Waals surface area contributed by atoms with Gasteiger partial charge in [-0.05, 0) is 24.9 Å². The summed E-state index contributed by atoms with van der Waals surface area (Å²) in [5.74, 6) is -4.29. The second kappa shape index (κ2) is 15.4. The third-order valence-corrected chi connectivity index (χ3v) is 6.09. The standard InChI is InChI=1S/C22H32N8O7S/c1-38-5-4-16(22(36)37)29-20(34)15(2-3-18(31)32)28-21(35)17(7-13-9-25-11-27-13)30-19(33)14(23)6-12-8-24-10-26-12/h8-11,14-17H,2-7,23H2,1H3,(H,24,26)(H,25,27)(H,28,35)(H,29,34)(H,30,33)(H,31,32)(H,36,37). The van der Waals surface area contributed by atoms with Gasteiger partial charge < -0.3 is 41.9 Å². The van der Waals surface area contributed by atoms with Gasteiger partial charge in [-0.25, -0.2) is 14.8 Å². The average molecular weight is 553 g/mol. The highest BCUT2D eigenvalue weighted by Gasteiger charge is 2.31. The molecule has 0 aliphatic rings. The maximum Gasteiger partial charge on any atom is 0.326 e. The van der Waals surface area contributed by atoms with Crippen molar-refractivity contribution in [3.63, 3.8) is 0 Å². The third-order valence-electron chi connectivity index (χ3n) is 5.45. The molecule has 0 aromatic carbocycles. The van der Waals surface area contributed by atoms with Gasteiger partial charge in [-0.3, -0.25) is 19.2 Å². The van der Waals surface area contributed by atoms with Crippen LogP contribution in [0.4, 0.5) is 0 Å². The molecule has 0 aliphatic carbocycles. The molecule has 4 atom stereocenters. The molecule has 2 heterocycles. The van der Waals surface area contributed by atoms with Gasteiger partial charge in [-0.15, -0.1) is 0 Å². The number of carbonyl (C=O) groups is 5. The van der Waals surface area contributed by atoms with Crippen LogP contribution in [0.1, 0.15) is 30.7 Å². The summed E-state index contributed by atoms with van der Waals surface area (Å²) in [7, 11) is 0. The SMILES string of the molecule is CSCCC(NC(=O)C(CCC(=O)O)NC(=O)C(Cc1cnc[nH]1)NC(=O)C(N)Cc1cnc[nH]1)C(=O)O. The molecule has 2 aromatic heterocycles. The van der Waals surface area contributed by atoms with E-state index >= 15 is 0 Å². The molecule has 0 spiro atoms. The van der Waals surface area contributed by atoms with Crippen LogP contribution in [0.2, 0.25) is 0 Å². The van der Waals surface area contributed by atoms with Crippen LogP contribution < -0.4 is 21.7 Å². The first-order valence-corrected chi connectivity index (χ1v) is 13.0. The monoisotopic (exact) mass is 552 g/mol. The fourth-order valence-electron chi connectivity index (χ4n) is 3.40. The van der Waals surface area contributed by atoms with E-state index in [1.165, 1.54) is 36.8 Å². The summed E-state index contributed by atoms with van der Waals surface area (Å²) in [4.78, 5) is 75.0. The average Bonchev–Trinajstić information content (AvgIpc) is 3.57. The van der Waals surface area contributed by atoms with E-state index in [0.29, 0.717) is 17.1 Å². The van der Waals surface area contributed by atoms with Crippen molar-refractivity contribution in [2.45, 2.75) is 56.3 Å². The van der Waals surface area contributed by atoms with Gasteiger partial charge in [0, 0.05) is 43.0 Å². The largest absolute Gasteiger partial charge is 0.481 e. The van der Waals surface area contributed by atoms with Gasteiger partial charge in [-0.1, -0.05) is 0 Å². The van der Waals surface area contributed by atoms with E-state index in [-0.39, 0.29) is 25.7 Å². The molecule has 9 N–H and O–H groups in total. The lowest BCUT2D eigenvalue weighted by Crippen LogP contribution is -2.58. The minimum Gasteiger partial charge on any atom is -0.481 e. The quantitative estimate of drug-likeness (QED) is 0.111. The number of aromatic nitrogens is 4. The Kier molecular flexibility index (Phi) is 12.2. The van der Waals surface area contributed by atoms with E-state index < -0.39 is 60.2 Å². The second-order valence-corrected chi connectivity index (χ2v) is 9.39. The summed E-state index contributed by atoms with van der Waals surface area (Å²) in [6.07, 6.45) is 7.03. The second-order valence-electron chi connectivity index (χ2n) is 8.40. The van der Waals surface area contributed by atoms with Gasteiger partial charge >= 0.3 is 11.9 Å². The molecular weight excluding hydrogens is 520 g/mol. The van der Waals surface area contributed by atoms with E-state index in [0.717, 1.165) is 0 Å². The molecule has 0 bridgehead atoms. The van der Waals surface area contributed by atoms with E-state index in [1.54, 1.807) is 6.26 Å². The zero-order valence-corrected chi connectivity index (χ0v) is 21.5. The normalized spacial score (nSPS) is 14.1. The predicted molar refractivity (Wildman–Crippen MR) is 136 cm³/mol. The molecule has 16 heteroatoms. The van der Waals surface area contributed by atoms with E-state index in [1.807, 2.05) is 0 Å². The minimum absolute atomic E-state index is 0.0346. The fraction of sp³-hybridized carbons (Fsp3) is 0.500. The van der Waals surface area contributed by atoms with Crippen molar-refractivity contribution >= 4 is 41.4 Å². The molecule has 2 aromatic rings. The summed E-state index contributed by atoms with van der Waals surface area (Å²) in [6.45, 7) is 0. The Balaban J connectivity index is 2.17. The van der Waals surface area contributed by atoms with Crippen molar-refractivity contribution in [3.05, 3.63) is 36.4 Å². The van der Waals surface area contributed by atoms with Gasteiger partial charge in [-0.2, -0.15) is 11.8 Å². The van der Waals surface area contributed by atoms with Gasteiger partial charge in [0.1, 0.15) is 18.1 Å². The maximum atomic E-state index is 13.2. The lowest BCUT2D eigenvalue weighted by atomic mass is 10.1. The molecule has 0 saturated carbocycles. The number of rotatable bonds is 17. The number of imidazole rings is 2. The molecule has 2 rings (SSSR count). The van der Waals surface area contributed by atoms with Crippen molar-refractivity contribution in [3.8, 4) is 0 Å². The molecule has 0 aliphatic heterocycles. The molecule has 15 nitrogen and oxygen atoms in total. The third kappa shape index (κ3) is 10.2. The number of nitrogens with one attached hydrogen (secondary N) is 5. The summed E-state index contributed by atoms with van der Waals surface area (Å²) < 4.78 is 0. The predicted octanol–water partition coefficient (Wildman–Crippen LogP) is -1.60. The van der Waals surface area contributed by atoms with Crippen molar-refractivity contribution < 1.29 is 34.2 Å². The number of carboxylic acid groups (broad SMARTS) is 2. The number of hydrogen-bond donors (Lipinski definition) is 8. The number of nitrogens with two attached hydrogens (primary N) is 1. The zero-order chi connectivity index (χ0) is 28.1. The van der Waals surface area contributed by atoms with Crippen LogP contribution in [0.25, 0.3) is 0 Å². The summed E-state index contributed by atoms with van der Waals surface area (Å²) in [5, 5.41) is 25.9. The van der Waals surface area contributed by atoms with Crippen molar-refractivity contribution in [1.29, 1.82) is 0 Å². The first-order chi connectivity index (χ1) is 18.1.